The van der Waals surface area contributed by atoms with Crippen LogP contribution in [-0.4, -0.2) is 204 Å². The highest BCUT2D eigenvalue weighted by atomic mass is 33.1. The zero-order valence-electron chi connectivity index (χ0n) is 63.5. The Labute approximate surface area is 638 Å². The average molecular weight is 1560 g/mol. The van der Waals surface area contributed by atoms with E-state index in [-0.39, 0.29) is 36.3 Å². The molecule has 12 atom stereocenters. The Morgan fingerprint density at radius 3 is 1.05 bits per heavy atom. The number of nitrogens with two attached hydrogens (primary N) is 4. The van der Waals surface area contributed by atoms with E-state index in [1.165, 1.54) is 165 Å². The Balaban J connectivity index is 0.00000109. The molecule has 2 aliphatic heterocycles. The Kier molecular flexibility index (Phi) is 63.4. The Hall–Kier alpha value is -3.24. The SMILES string of the molecule is CCCCCCCCCCCCOC(=O)C(CSSC1O[C@H](CO)[C@@H](O)[C@H](O)[C@H]1O)NC(=O)CCCCCCCCCCC.CCCCCCCCCCCCOC(=O)C(CSSC1O[C@H](COC(=O)CN)[C@@H](OC(=O)CN)[C@H](OC(=O)CN)[C@H]1OC(=O)CN)NC(=O)CCCCCCCCCCC. The third-order valence-corrected chi connectivity index (χ3v) is 23.0. The van der Waals surface area contributed by atoms with Gasteiger partial charge in [0, 0.05) is 24.3 Å². The number of aliphatic hydroxyl groups is 4. The minimum atomic E-state index is -1.52. The maximum Gasteiger partial charge on any atom is 0.329 e. The Morgan fingerprint density at radius 2 is 0.692 bits per heavy atom. The van der Waals surface area contributed by atoms with E-state index in [2.05, 4.69) is 38.3 Å². The fourth-order valence-electron chi connectivity index (χ4n) is 11.6. The van der Waals surface area contributed by atoms with Crippen molar-refractivity contribution < 1.29 is 96.7 Å². The van der Waals surface area contributed by atoms with Crippen LogP contribution in [0.15, 0.2) is 0 Å². The summed E-state index contributed by atoms with van der Waals surface area (Å²) in [6.07, 6.45) is 33.0. The standard InChI is InChI=1S/C41H75N5O12S2.C33H63NO8S2/c1-3-5-7-9-11-13-15-17-19-21-23-53-40(52)30(46-32(47)22-20-18-16-14-12-10-8-6-4-2)29-59-60-41-39(58-36(51)27-45)38(57-35(50)26-44)37(56-34(49)25-43)31(55-41)28-54-33(48)24-42;1-3-5-7-9-11-13-15-17-19-21-23-41-32(40)26(34-28(36)22-20-18-16-14-12-10-8-6-4-2)25-43-44-33-31(39)30(38)29(37)27(24-35)42-33/h30-31,37-39,41H,3-29,42-45H2,1-2H3,(H,46,47);26-27,29-31,33,35,37-39H,3-25H2,1-2H3,(H,34,36)/t30?,31-,37-,38+,39-,41?;26?,27-,29-,30+,31-,33?/m11/s1. The molecular formula is C74H138N6O20S4. The van der Waals surface area contributed by atoms with Gasteiger partial charge in [-0.25, -0.2) is 9.59 Å². The van der Waals surface area contributed by atoms with Crippen LogP contribution in [0, 0.1) is 0 Å². The number of unbranched alkanes of at least 4 members (excludes halogenated alkanes) is 34. The van der Waals surface area contributed by atoms with E-state index >= 15 is 0 Å². The van der Waals surface area contributed by atoms with Crippen molar-refractivity contribution in [1.29, 1.82) is 0 Å². The summed E-state index contributed by atoms with van der Waals surface area (Å²) in [6.45, 7) is 6.20. The first kappa shape index (κ1) is 98.8. The largest absolute Gasteiger partial charge is 0.464 e. The minimum Gasteiger partial charge on any atom is -0.464 e. The van der Waals surface area contributed by atoms with Gasteiger partial charge in [-0.15, -0.1) is 0 Å². The van der Waals surface area contributed by atoms with E-state index < -0.39 is 147 Å². The zero-order chi connectivity index (χ0) is 76.8. The topological polar surface area (TPSA) is 419 Å². The van der Waals surface area contributed by atoms with Crippen LogP contribution < -0.4 is 33.6 Å². The van der Waals surface area contributed by atoms with Gasteiger partial charge >= 0.3 is 35.8 Å². The summed E-state index contributed by atoms with van der Waals surface area (Å²) in [4.78, 5) is 102. The van der Waals surface area contributed by atoms with Gasteiger partial charge in [-0.1, -0.05) is 289 Å². The number of aliphatic hydroxyl groups excluding tert-OH is 4. The minimum absolute atomic E-state index is 0.00805. The van der Waals surface area contributed by atoms with Crippen molar-refractivity contribution in [2.24, 2.45) is 22.9 Å². The summed E-state index contributed by atoms with van der Waals surface area (Å²) in [5, 5.41) is 45.5. The van der Waals surface area contributed by atoms with Crippen molar-refractivity contribution in [3.8, 4) is 0 Å². The Bertz CT molecular complexity index is 2230. The molecule has 14 N–H and O–H groups in total. The quantitative estimate of drug-likeness (QED) is 0.0117. The van der Waals surface area contributed by atoms with Gasteiger partial charge in [0.05, 0.1) is 46.0 Å². The van der Waals surface area contributed by atoms with Gasteiger partial charge in [0.15, 0.2) is 23.7 Å². The van der Waals surface area contributed by atoms with E-state index in [1.54, 1.807) is 0 Å². The number of esters is 6. The third-order valence-electron chi connectivity index (χ3n) is 17.9. The lowest BCUT2D eigenvalue weighted by Gasteiger charge is -2.44. The summed E-state index contributed by atoms with van der Waals surface area (Å²) in [7, 11) is 4.36. The highest BCUT2D eigenvalue weighted by molar-refractivity contribution is 8.77. The summed E-state index contributed by atoms with van der Waals surface area (Å²) >= 11 is 0. The van der Waals surface area contributed by atoms with Crippen molar-refractivity contribution in [2.75, 3.05) is 64.1 Å². The smallest absolute Gasteiger partial charge is 0.329 e. The molecule has 26 nitrogen and oxygen atoms in total. The number of rotatable bonds is 64. The molecule has 30 heteroatoms. The molecule has 0 aliphatic carbocycles. The number of amides is 2. The molecule has 608 valence electrons. The van der Waals surface area contributed by atoms with E-state index in [9.17, 15) is 58.8 Å². The fraction of sp³-hybridized carbons (Fsp3) is 0.892. The van der Waals surface area contributed by atoms with Crippen LogP contribution in [-0.2, 0) is 76.3 Å². The van der Waals surface area contributed by atoms with E-state index in [1.807, 2.05) is 0 Å². The monoisotopic (exact) mass is 1560 g/mol. The number of carbonyl (C=O) groups excluding carboxylic acids is 8. The number of carbonyl (C=O) groups is 8. The molecule has 0 aromatic heterocycles. The molecule has 0 bridgehead atoms. The fourth-order valence-corrected chi connectivity index (χ4v) is 16.8. The molecule has 2 saturated heterocycles. The first-order chi connectivity index (χ1) is 50.4. The zero-order valence-corrected chi connectivity index (χ0v) is 66.8. The molecule has 0 spiro atoms. The molecule has 0 aromatic carbocycles. The van der Waals surface area contributed by atoms with Crippen LogP contribution >= 0.6 is 43.2 Å². The van der Waals surface area contributed by atoms with Crippen LogP contribution in [0.3, 0.4) is 0 Å². The van der Waals surface area contributed by atoms with E-state index in [0.29, 0.717) is 25.9 Å². The Morgan fingerprint density at radius 1 is 0.375 bits per heavy atom. The van der Waals surface area contributed by atoms with Gasteiger partial charge in [-0.05, 0) is 25.7 Å². The highest BCUT2D eigenvalue weighted by Gasteiger charge is 2.53. The molecule has 2 amide bonds. The lowest BCUT2D eigenvalue weighted by molar-refractivity contribution is -0.238. The summed E-state index contributed by atoms with van der Waals surface area (Å²) in [5.74, 6) is -4.91. The molecule has 2 heterocycles. The third kappa shape index (κ3) is 48.3. The van der Waals surface area contributed by atoms with Crippen molar-refractivity contribution in [2.45, 2.75) is 356 Å². The first-order valence-electron chi connectivity index (χ1n) is 39.4. The lowest BCUT2D eigenvalue weighted by Crippen LogP contribution is -2.62. The molecule has 2 aliphatic rings. The first-order valence-corrected chi connectivity index (χ1v) is 44.1. The van der Waals surface area contributed by atoms with Crippen LogP contribution in [0.1, 0.15) is 285 Å². The maximum absolute atomic E-state index is 13.4. The molecule has 2 fully saturated rings. The van der Waals surface area contributed by atoms with Crippen molar-refractivity contribution in [1.82, 2.24) is 10.6 Å². The molecule has 0 aromatic rings. The van der Waals surface area contributed by atoms with Gasteiger partial charge in [-0.3, -0.25) is 28.8 Å². The van der Waals surface area contributed by atoms with Gasteiger partial charge in [0.1, 0.15) is 54.6 Å². The molecule has 4 unspecified atom stereocenters. The normalized spacial score (nSPS) is 20.6. The second-order valence-corrected chi connectivity index (χ2v) is 32.0. The number of ether oxygens (including phenoxy) is 8. The van der Waals surface area contributed by atoms with E-state index in [4.69, 9.17) is 60.8 Å². The predicted octanol–water partition coefficient (Wildman–Crippen LogP) is 10.1. The summed E-state index contributed by atoms with van der Waals surface area (Å²) in [6, 6.07) is -1.89. The summed E-state index contributed by atoms with van der Waals surface area (Å²) in [5.41, 5.74) is 19.9. The van der Waals surface area contributed by atoms with Gasteiger partial charge in [0.2, 0.25) is 11.8 Å². The van der Waals surface area contributed by atoms with Gasteiger partial charge in [0.25, 0.3) is 0 Å². The van der Waals surface area contributed by atoms with E-state index in [0.717, 1.165) is 109 Å². The second kappa shape index (κ2) is 66.7. The predicted molar refractivity (Wildman–Crippen MR) is 412 cm³/mol. The molecular weight excluding hydrogens is 1420 g/mol. The lowest BCUT2D eigenvalue weighted by atomic mass is 9.99. The number of hydrogen-bond acceptors (Lipinski definition) is 28. The van der Waals surface area contributed by atoms with Gasteiger partial charge in [-0.2, -0.15) is 0 Å². The highest BCUT2D eigenvalue weighted by Crippen LogP contribution is 2.40. The van der Waals surface area contributed by atoms with Crippen LogP contribution in [0.4, 0.5) is 0 Å². The molecule has 104 heavy (non-hydrogen) atoms. The van der Waals surface area contributed by atoms with Crippen molar-refractivity contribution in [3.63, 3.8) is 0 Å². The molecule has 2 rings (SSSR count). The molecule has 0 saturated carbocycles. The van der Waals surface area contributed by atoms with Gasteiger partial charge < -0.3 is 91.9 Å². The second-order valence-electron chi connectivity index (χ2n) is 27.0. The number of hydrogen-bond donors (Lipinski definition) is 10. The van der Waals surface area contributed by atoms with Crippen LogP contribution in [0.5, 0.6) is 0 Å². The maximum atomic E-state index is 13.4. The van der Waals surface area contributed by atoms with Crippen LogP contribution in [0.2, 0.25) is 0 Å². The average Bonchev–Trinajstić information content (AvgIpc) is 0.777. The van der Waals surface area contributed by atoms with Crippen LogP contribution in [0.25, 0.3) is 0 Å². The molecule has 0 radical (unpaired) electrons. The number of nitrogens with one attached hydrogen (secondary N) is 2. The van der Waals surface area contributed by atoms with Crippen molar-refractivity contribution >= 4 is 90.8 Å². The summed E-state index contributed by atoms with van der Waals surface area (Å²) < 4.78 is 44.7. The van der Waals surface area contributed by atoms with Crippen molar-refractivity contribution in [3.05, 3.63) is 0 Å².